The summed E-state index contributed by atoms with van der Waals surface area (Å²) in [4.78, 5) is 13.1. The summed E-state index contributed by atoms with van der Waals surface area (Å²) in [7, 11) is 0. The molecule has 0 saturated carbocycles. The van der Waals surface area contributed by atoms with E-state index in [0.29, 0.717) is 24.4 Å². The number of likely N-dealkylation sites (tertiary alicyclic amines) is 1. The molecule has 0 aromatic rings. The fourth-order valence-electron chi connectivity index (χ4n) is 2.62. The molecule has 0 aromatic carbocycles. The van der Waals surface area contributed by atoms with E-state index >= 15 is 0 Å². The van der Waals surface area contributed by atoms with Gasteiger partial charge >= 0.3 is 5.97 Å². The topological polar surface area (TPSA) is 40.5 Å². The van der Waals surface area contributed by atoms with Gasteiger partial charge in [0.05, 0.1) is 0 Å². The van der Waals surface area contributed by atoms with E-state index < -0.39 is 5.97 Å². The molecule has 1 N–H and O–H groups in total. The molecule has 1 aliphatic heterocycles. The summed E-state index contributed by atoms with van der Waals surface area (Å²) in [5, 5.41) is 8.79. The van der Waals surface area contributed by atoms with Gasteiger partial charge < -0.3 is 5.11 Å². The average Bonchev–Trinajstić information content (AvgIpc) is 2.46. The van der Waals surface area contributed by atoms with Gasteiger partial charge in [-0.15, -0.1) is 0 Å². The number of nitrogens with zero attached hydrogens (tertiary/aromatic N) is 1. The largest absolute Gasteiger partial charge is 0.481 e. The summed E-state index contributed by atoms with van der Waals surface area (Å²) in [6.45, 7) is 7.59. The molecule has 0 radical (unpaired) electrons. The third-order valence-corrected chi connectivity index (χ3v) is 3.25. The average molecular weight is 199 g/mol. The van der Waals surface area contributed by atoms with Gasteiger partial charge in [0, 0.05) is 18.5 Å². The van der Waals surface area contributed by atoms with Crippen LogP contribution in [0.3, 0.4) is 0 Å². The molecule has 1 fully saturated rings. The molecule has 1 aliphatic rings. The van der Waals surface area contributed by atoms with Crippen LogP contribution >= 0.6 is 0 Å². The molecule has 0 aliphatic carbocycles. The van der Waals surface area contributed by atoms with Crippen molar-refractivity contribution in [1.29, 1.82) is 0 Å². The molecule has 0 spiro atoms. The Morgan fingerprint density at radius 1 is 1.57 bits per heavy atom. The molecular weight excluding hydrogens is 178 g/mol. The third-order valence-electron chi connectivity index (χ3n) is 3.25. The van der Waals surface area contributed by atoms with Gasteiger partial charge in [0.15, 0.2) is 0 Å². The molecule has 1 rings (SSSR count). The Labute approximate surface area is 86.1 Å². The van der Waals surface area contributed by atoms with Gasteiger partial charge in [-0.25, -0.2) is 0 Å². The quantitative estimate of drug-likeness (QED) is 0.752. The highest BCUT2D eigenvalue weighted by atomic mass is 16.4. The summed E-state index contributed by atoms with van der Waals surface area (Å²) in [6, 6.07) is 1.02. The predicted molar refractivity (Wildman–Crippen MR) is 56.3 cm³/mol. The van der Waals surface area contributed by atoms with Gasteiger partial charge in [-0.2, -0.15) is 0 Å². The van der Waals surface area contributed by atoms with E-state index in [1.165, 1.54) is 0 Å². The van der Waals surface area contributed by atoms with Crippen molar-refractivity contribution in [2.24, 2.45) is 5.92 Å². The lowest BCUT2D eigenvalue weighted by Crippen LogP contribution is -2.37. The standard InChI is InChI=1S/C11H21NO2/c1-4-10-9(7-11(13)14)5-6-12(10)8(2)3/h8-10H,4-7H2,1-3H3,(H,13,14). The number of carboxylic acid groups (broad SMARTS) is 1. The van der Waals surface area contributed by atoms with E-state index in [4.69, 9.17) is 5.11 Å². The molecule has 0 bridgehead atoms. The van der Waals surface area contributed by atoms with Crippen LogP contribution in [0.15, 0.2) is 0 Å². The second-order valence-electron chi connectivity index (χ2n) is 4.45. The van der Waals surface area contributed by atoms with Crippen LogP contribution in [0.1, 0.15) is 40.0 Å². The number of hydrogen-bond donors (Lipinski definition) is 1. The maximum atomic E-state index is 10.7. The first-order chi connectivity index (χ1) is 6.56. The highest BCUT2D eigenvalue weighted by Crippen LogP contribution is 2.30. The Bertz CT molecular complexity index is 203. The van der Waals surface area contributed by atoms with Gasteiger partial charge in [0.1, 0.15) is 0 Å². The van der Waals surface area contributed by atoms with E-state index in [2.05, 4.69) is 25.7 Å². The minimum absolute atomic E-state index is 0.335. The van der Waals surface area contributed by atoms with Gasteiger partial charge in [-0.05, 0) is 39.2 Å². The van der Waals surface area contributed by atoms with E-state index in [9.17, 15) is 4.79 Å². The Balaban J connectivity index is 2.59. The minimum Gasteiger partial charge on any atom is -0.481 e. The molecular formula is C11H21NO2. The molecule has 1 heterocycles. The molecule has 3 heteroatoms. The minimum atomic E-state index is -0.654. The van der Waals surface area contributed by atoms with Crippen LogP contribution in [0.4, 0.5) is 0 Å². The zero-order valence-corrected chi connectivity index (χ0v) is 9.36. The second-order valence-corrected chi connectivity index (χ2v) is 4.45. The second kappa shape index (κ2) is 4.78. The Hall–Kier alpha value is -0.570. The van der Waals surface area contributed by atoms with Gasteiger partial charge in [0.2, 0.25) is 0 Å². The molecule has 1 saturated heterocycles. The lowest BCUT2D eigenvalue weighted by atomic mass is 9.94. The zero-order chi connectivity index (χ0) is 10.7. The van der Waals surface area contributed by atoms with E-state index in [1.807, 2.05) is 0 Å². The van der Waals surface area contributed by atoms with Crippen LogP contribution in [0.2, 0.25) is 0 Å². The molecule has 82 valence electrons. The summed E-state index contributed by atoms with van der Waals surface area (Å²) in [6.07, 6.45) is 2.45. The first-order valence-corrected chi connectivity index (χ1v) is 5.53. The van der Waals surface area contributed by atoms with Crippen molar-refractivity contribution in [2.45, 2.75) is 52.1 Å². The smallest absolute Gasteiger partial charge is 0.303 e. The van der Waals surface area contributed by atoms with E-state index in [1.54, 1.807) is 0 Å². The predicted octanol–water partition coefficient (Wildman–Crippen LogP) is 1.97. The SMILES string of the molecule is CCC1C(CC(=O)O)CCN1C(C)C. The van der Waals surface area contributed by atoms with Crippen molar-refractivity contribution in [1.82, 2.24) is 4.90 Å². The monoisotopic (exact) mass is 199 g/mol. The highest BCUT2D eigenvalue weighted by molar-refractivity contribution is 5.67. The van der Waals surface area contributed by atoms with Crippen molar-refractivity contribution in [3.8, 4) is 0 Å². The van der Waals surface area contributed by atoms with E-state index in [-0.39, 0.29) is 0 Å². The molecule has 14 heavy (non-hydrogen) atoms. The van der Waals surface area contributed by atoms with Crippen LogP contribution in [-0.4, -0.2) is 34.6 Å². The van der Waals surface area contributed by atoms with Crippen molar-refractivity contribution < 1.29 is 9.90 Å². The Morgan fingerprint density at radius 3 is 2.64 bits per heavy atom. The summed E-state index contributed by atoms with van der Waals surface area (Å²) < 4.78 is 0. The van der Waals surface area contributed by atoms with Gasteiger partial charge in [-0.1, -0.05) is 6.92 Å². The number of rotatable bonds is 4. The molecule has 3 nitrogen and oxygen atoms in total. The summed E-state index contributed by atoms with van der Waals surface area (Å²) >= 11 is 0. The molecule has 0 amide bonds. The molecule has 2 atom stereocenters. The van der Waals surface area contributed by atoms with Gasteiger partial charge in [0.25, 0.3) is 0 Å². The fourth-order valence-corrected chi connectivity index (χ4v) is 2.62. The first kappa shape index (κ1) is 11.5. The summed E-state index contributed by atoms with van der Waals surface area (Å²) in [5.41, 5.74) is 0. The van der Waals surface area contributed by atoms with E-state index in [0.717, 1.165) is 19.4 Å². The zero-order valence-electron chi connectivity index (χ0n) is 9.36. The normalized spacial score (nSPS) is 28.6. The van der Waals surface area contributed by atoms with Crippen LogP contribution in [0.25, 0.3) is 0 Å². The number of carbonyl (C=O) groups is 1. The third kappa shape index (κ3) is 2.47. The van der Waals surface area contributed by atoms with Crippen molar-refractivity contribution in [3.05, 3.63) is 0 Å². The highest BCUT2D eigenvalue weighted by Gasteiger charge is 2.34. The van der Waals surface area contributed by atoms with Crippen LogP contribution in [-0.2, 0) is 4.79 Å². The Morgan fingerprint density at radius 2 is 2.21 bits per heavy atom. The lowest BCUT2D eigenvalue weighted by Gasteiger charge is -2.30. The van der Waals surface area contributed by atoms with Crippen LogP contribution in [0, 0.1) is 5.92 Å². The van der Waals surface area contributed by atoms with Crippen molar-refractivity contribution >= 4 is 5.97 Å². The lowest BCUT2D eigenvalue weighted by molar-refractivity contribution is -0.138. The van der Waals surface area contributed by atoms with Crippen LogP contribution in [0.5, 0.6) is 0 Å². The fraction of sp³-hybridized carbons (Fsp3) is 0.909. The number of hydrogen-bond acceptors (Lipinski definition) is 2. The van der Waals surface area contributed by atoms with Crippen molar-refractivity contribution in [2.75, 3.05) is 6.54 Å². The molecule has 2 unspecified atom stereocenters. The number of carboxylic acids is 1. The Kier molecular flexibility index (Phi) is 3.93. The van der Waals surface area contributed by atoms with Gasteiger partial charge in [-0.3, -0.25) is 9.69 Å². The van der Waals surface area contributed by atoms with Crippen LogP contribution < -0.4 is 0 Å². The van der Waals surface area contributed by atoms with Crippen molar-refractivity contribution in [3.63, 3.8) is 0 Å². The summed E-state index contributed by atoms with van der Waals surface area (Å²) in [5.74, 6) is -0.293. The number of aliphatic carboxylic acids is 1. The maximum Gasteiger partial charge on any atom is 0.303 e. The first-order valence-electron chi connectivity index (χ1n) is 5.53. The molecule has 0 aromatic heterocycles. The maximum absolute atomic E-state index is 10.7.